The quantitative estimate of drug-likeness (QED) is 0.439. The Morgan fingerprint density at radius 2 is 1.95 bits per heavy atom. The number of methoxy groups -OCH3 is 1. The van der Waals surface area contributed by atoms with Crippen molar-refractivity contribution in [3.05, 3.63) is 32.7 Å². The van der Waals surface area contributed by atoms with Gasteiger partial charge in [0.05, 0.1) is 7.11 Å². The van der Waals surface area contributed by atoms with E-state index < -0.39 is 12.0 Å². The Hall–Kier alpha value is -1.32. The number of nitrogens with one attached hydrogen (secondary N) is 1. The predicted molar refractivity (Wildman–Crippen MR) is 87.8 cm³/mol. The van der Waals surface area contributed by atoms with Crippen LogP contribution in [0.4, 0.5) is 0 Å². The lowest BCUT2D eigenvalue weighted by Gasteiger charge is -2.16. The molecule has 0 bridgehead atoms. The summed E-state index contributed by atoms with van der Waals surface area (Å²) in [5, 5.41) is 2.67. The van der Waals surface area contributed by atoms with Crippen LogP contribution in [0.2, 0.25) is 0 Å². The number of halogens is 2. The van der Waals surface area contributed by atoms with Gasteiger partial charge < -0.3 is 10.1 Å². The fraction of sp³-hybridized carbons (Fsp3) is 0.333. The van der Waals surface area contributed by atoms with Gasteiger partial charge in [-0.25, -0.2) is 4.79 Å². The molecule has 0 fully saturated rings. The molecule has 1 N–H and O–H groups in total. The van der Waals surface area contributed by atoms with E-state index in [1.807, 2.05) is 6.07 Å². The van der Waals surface area contributed by atoms with Gasteiger partial charge in [0.25, 0.3) is 5.91 Å². The van der Waals surface area contributed by atoms with Crippen molar-refractivity contribution in [2.45, 2.75) is 25.3 Å². The van der Waals surface area contributed by atoms with E-state index in [1.54, 1.807) is 12.1 Å². The van der Waals surface area contributed by atoms with Crippen molar-refractivity contribution in [2.75, 3.05) is 7.11 Å². The molecule has 4 nitrogen and oxygen atoms in total. The molecule has 0 aliphatic heterocycles. The topological polar surface area (TPSA) is 55.4 Å². The van der Waals surface area contributed by atoms with Crippen LogP contribution in [0.15, 0.2) is 27.1 Å². The molecule has 0 saturated carbocycles. The van der Waals surface area contributed by atoms with Gasteiger partial charge in [-0.15, -0.1) is 12.3 Å². The number of amides is 1. The zero-order valence-electron chi connectivity index (χ0n) is 11.5. The molecule has 6 heteroatoms. The Labute approximate surface area is 140 Å². The number of unbranched alkanes of at least 4 members (excludes halogenated alkanes) is 1. The van der Waals surface area contributed by atoms with Crippen molar-refractivity contribution < 1.29 is 14.3 Å². The van der Waals surface area contributed by atoms with E-state index in [-0.39, 0.29) is 5.91 Å². The maximum absolute atomic E-state index is 12.2. The van der Waals surface area contributed by atoms with Gasteiger partial charge in [-0.2, -0.15) is 0 Å². The number of terminal acetylenes is 1. The summed E-state index contributed by atoms with van der Waals surface area (Å²) in [6.07, 6.45) is 6.81. The molecule has 0 saturated heterocycles. The Balaban J connectivity index is 2.79. The minimum Gasteiger partial charge on any atom is -0.467 e. The first-order valence-electron chi connectivity index (χ1n) is 6.26. The molecule has 1 aromatic carbocycles. The number of ether oxygens (including phenoxy) is 1. The second-order valence-electron chi connectivity index (χ2n) is 4.30. The van der Waals surface area contributed by atoms with E-state index in [0.717, 1.165) is 8.95 Å². The monoisotopic (exact) mass is 415 g/mol. The van der Waals surface area contributed by atoms with Gasteiger partial charge in [-0.3, -0.25) is 4.79 Å². The van der Waals surface area contributed by atoms with Crippen LogP contribution < -0.4 is 5.32 Å². The summed E-state index contributed by atoms with van der Waals surface area (Å²) >= 11 is 6.64. The molecule has 21 heavy (non-hydrogen) atoms. The zero-order chi connectivity index (χ0) is 15.8. The molecule has 0 radical (unpaired) electrons. The van der Waals surface area contributed by atoms with Gasteiger partial charge in [0, 0.05) is 20.9 Å². The molecule has 0 spiro atoms. The first kappa shape index (κ1) is 17.7. The Morgan fingerprint density at radius 3 is 2.48 bits per heavy atom. The van der Waals surface area contributed by atoms with Crippen LogP contribution >= 0.6 is 31.9 Å². The van der Waals surface area contributed by atoms with E-state index in [9.17, 15) is 9.59 Å². The molecule has 1 aromatic rings. The normalized spacial score (nSPS) is 11.3. The molecular formula is C15H15Br2NO3. The summed E-state index contributed by atoms with van der Waals surface area (Å²) in [6.45, 7) is 0. The second-order valence-corrected chi connectivity index (χ2v) is 6.14. The maximum Gasteiger partial charge on any atom is 0.328 e. The van der Waals surface area contributed by atoms with Crippen molar-refractivity contribution in [3.63, 3.8) is 0 Å². The number of carbonyl (C=O) groups excluding carboxylic acids is 2. The Kier molecular flexibility index (Phi) is 7.48. The predicted octanol–water partition coefficient (Wildman–Crippen LogP) is 3.29. The van der Waals surface area contributed by atoms with Crippen molar-refractivity contribution >= 4 is 43.7 Å². The van der Waals surface area contributed by atoms with Crippen LogP contribution in [0.1, 0.15) is 29.6 Å². The minimum atomic E-state index is -0.700. The summed E-state index contributed by atoms with van der Waals surface area (Å²) in [4.78, 5) is 23.9. The lowest BCUT2D eigenvalue weighted by Crippen LogP contribution is -2.41. The third kappa shape index (κ3) is 5.90. The first-order valence-corrected chi connectivity index (χ1v) is 7.84. The maximum atomic E-state index is 12.2. The van der Waals surface area contributed by atoms with Crippen LogP contribution in [0.5, 0.6) is 0 Å². The highest BCUT2D eigenvalue weighted by Crippen LogP contribution is 2.20. The smallest absolute Gasteiger partial charge is 0.328 e. The summed E-state index contributed by atoms with van der Waals surface area (Å²) in [7, 11) is 1.29. The minimum absolute atomic E-state index is 0.340. The van der Waals surface area contributed by atoms with E-state index in [1.165, 1.54) is 7.11 Å². The average molecular weight is 417 g/mol. The SMILES string of the molecule is C#CCCC[C@H](NC(=O)c1cc(Br)cc(Br)c1)C(=O)OC. The van der Waals surface area contributed by atoms with Gasteiger partial charge >= 0.3 is 5.97 Å². The molecule has 1 amide bonds. The summed E-state index contributed by atoms with van der Waals surface area (Å²) < 4.78 is 6.24. The lowest BCUT2D eigenvalue weighted by atomic mass is 10.1. The molecular weight excluding hydrogens is 402 g/mol. The van der Waals surface area contributed by atoms with Crippen molar-refractivity contribution in [2.24, 2.45) is 0 Å². The highest BCUT2D eigenvalue weighted by Gasteiger charge is 2.21. The lowest BCUT2D eigenvalue weighted by molar-refractivity contribution is -0.143. The van der Waals surface area contributed by atoms with Crippen molar-refractivity contribution in [3.8, 4) is 12.3 Å². The van der Waals surface area contributed by atoms with Crippen LogP contribution in [-0.2, 0) is 9.53 Å². The number of rotatable bonds is 6. The highest BCUT2D eigenvalue weighted by atomic mass is 79.9. The number of benzene rings is 1. The van der Waals surface area contributed by atoms with Crippen LogP contribution in [0.3, 0.4) is 0 Å². The van der Waals surface area contributed by atoms with Gasteiger partial charge in [0.2, 0.25) is 0 Å². The molecule has 0 aliphatic carbocycles. The summed E-state index contributed by atoms with van der Waals surface area (Å²) in [6, 6.07) is 4.47. The van der Waals surface area contributed by atoms with E-state index >= 15 is 0 Å². The molecule has 0 aliphatic rings. The molecule has 1 atom stereocenters. The number of hydrogen-bond acceptors (Lipinski definition) is 3. The standard InChI is InChI=1S/C15H15Br2NO3/c1-3-4-5-6-13(15(20)21-2)18-14(19)10-7-11(16)9-12(17)8-10/h1,7-9,13H,4-6H2,2H3,(H,18,19)/t13-/m0/s1. The fourth-order valence-corrected chi connectivity index (χ4v) is 3.02. The highest BCUT2D eigenvalue weighted by molar-refractivity contribution is 9.11. The summed E-state index contributed by atoms with van der Waals surface area (Å²) in [5.74, 6) is 1.69. The molecule has 112 valence electrons. The molecule has 0 heterocycles. The number of hydrogen-bond donors (Lipinski definition) is 1. The fourth-order valence-electron chi connectivity index (χ4n) is 1.73. The molecule has 0 unspecified atom stereocenters. The third-order valence-electron chi connectivity index (χ3n) is 2.73. The van der Waals surface area contributed by atoms with Crippen LogP contribution in [-0.4, -0.2) is 25.0 Å². The van der Waals surface area contributed by atoms with Crippen molar-refractivity contribution in [1.82, 2.24) is 5.32 Å². The Bertz CT molecular complexity index is 546. The first-order chi connectivity index (χ1) is 9.97. The van der Waals surface area contributed by atoms with E-state index in [0.29, 0.717) is 24.8 Å². The van der Waals surface area contributed by atoms with E-state index in [2.05, 4.69) is 43.1 Å². The Morgan fingerprint density at radius 1 is 1.33 bits per heavy atom. The number of carbonyl (C=O) groups is 2. The largest absolute Gasteiger partial charge is 0.467 e. The van der Waals surface area contributed by atoms with Crippen molar-refractivity contribution in [1.29, 1.82) is 0 Å². The zero-order valence-corrected chi connectivity index (χ0v) is 14.7. The third-order valence-corrected chi connectivity index (χ3v) is 3.65. The molecule has 1 rings (SSSR count). The van der Waals surface area contributed by atoms with Gasteiger partial charge in [0.15, 0.2) is 0 Å². The number of esters is 1. The molecule has 0 aromatic heterocycles. The van der Waals surface area contributed by atoms with Crippen LogP contribution in [0, 0.1) is 12.3 Å². The summed E-state index contributed by atoms with van der Waals surface area (Å²) in [5.41, 5.74) is 0.446. The van der Waals surface area contributed by atoms with Gasteiger partial charge in [-0.1, -0.05) is 31.9 Å². The van der Waals surface area contributed by atoms with Gasteiger partial charge in [-0.05, 0) is 31.0 Å². The van der Waals surface area contributed by atoms with Crippen LogP contribution in [0.25, 0.3) is 0 Å². The van der Waals surface area contributed by atoms with Gasteiger partial charge in [0.1, 0.15) is 6.04 Å². The average Bonchev–Trinajstić information content (AvgIpc) is 2.44. The van der Waals surface area contributed by atoms with E-state index in [4.69, 9.17) is 11.2 Å². The second kappa shape index (κ2) is 8.85.